The average Bonchev–Trinajstić information content (AvgIpc) is 1.68. The zero-order chi connectivity index (χ0) is 5.70. The van der Waals surface area contributed by atoms with Crippen LogP contribution in [0, 0.1) is 11.2 Å². The smallest absolute Gasteiger partial charge is 0.257 e. The SMILES string of the molecule is CCC(C)[B-]C#N.[Li+]. The second-order valence-corrected chi connectivity index (χ2v) is 1.68. The molecule has 0 heterocycles. The fourth-order valence-corrected chi connectivity index (χ4v) is 0.245. The van der Waals surface area contributed by atoms with Crippen LogP contribution in [0.2, 0.25) is 5.82 Å². The van der Waals surface area contributed by atoms with Crippen molar-refractivity contribution >= 4 is 7.28 Å². The largest absolute Gasteiger partial charge is 1.00 e. The number of nitrogens with zero attached hydrogens (tertiary/aromatic N) is 1. The summed E-state index contributed by atoms with van der Waals surface area (Å²) in [5.41, 5.74) is 0. The maximum atomic E-state index is 8.06. The molecule has 3 heteroatoms. The van der Waals surface area contributed by atoms with Gasteiger partial charge in [-0.3, -0.25) is 5.26 Å². The van der Waals surface area contributed by atoms with E-state index in [4.69, 9.17) is 5.26 Å². The van der Waals surface area contributed by atoms with Crippen molar-refractivity contribution < 1.29 is 18.9 Å². The minimum absolute atomic E-state index is 0. The third-order valence-electron chi connectivity index (χ3n) is 1.00. The van der Waals surface area contributed by atoms with Gasteiger partial charge in [-0.25, -0.2) is 11.8 Å². The van der Waals surface area contributed by atoms with Crippen LogP contribution in [0.4, 0.5) is 0 Å². The summed E-state index contributed by atoms with van der Waals surface area (Å²) in [4.78, 5) is 0. The standard InChI is InChI=1S/C5H9BN.Li/c1-3-5(2)6-4-7;/h5H,3H2,1-2H3;/q-1;+1. The molecule has 1 nitrogen and oxygen atoms in total. The van der Waals surface area contributed by atoms with Crippen molar-refractivity contribution in [2.75, 3.05) is 0 Å². The Morgan fingerprint density at radius 2 is 2.25 bits per heavy atom. The fraction of sp³-hybridized carbons (Fsp3) is 0.800. The number of rotatable bonds is 2. The van der Waals surface area contributed by atoms with Crippen LogP contribution >= 0.6 is 0 Å². The summed E-state index contributed by atoms with van der Waals surface area (Å²) in [6, 6.07) is 0. The predicted octanol–water partition coefficient (Wildman–Crippen LogP) is -1.61. The normalized spacial score (nSPS) is 11.1. The Morgan fingerprint density at radius 3 is 2.38 bits per heavy atom. The quantitative estimate of drug-likeness (QED) is 0.384. The van der Waals surface area contributed by atoms with Crippen LogP contribution in [0.3, 0.4) is 0 Å². The van der Waals surface area contributed by atoms with Crippen molar-refractivity contribution in [2.24, 2.45) is 0 Å². The zero-order valence-corrected chi connectivity index (χ0v) is 5.81. The first-order chi connectivity index (χ1) is 3.31. The first-order valence-corrected chi connectivity index (χ1v) is 2.54. The van der Waals surface area contributed by atoms with Crippen molar-refractivity contribution in [3.63, 3.8) is 0 Å². The van der Waals surface area contributed by atoms with Crippen LogP contribution in [0.15, 0.2) is 0 Å². The predicted molar refractivity (Wildman–Crippen MR) is 31.1 cm³/mol. The third kappa shape index (κ3) is 6.15. The summed E-state index contributed by atoms with van der Waals surface area (Å²) < 4.78 is 0. The van der Waals surface area contributed by atoms with E-state index >= 15 is 0 Å². The summed E-state index contributed by atoms with van der Waals surface area (Å²) in [6.45, 7) is 4.10. The van der Waals surface area contributed by atoms with Crippen LogP contribution in [0.25, 0.3) is 0 Å². The van der Waals surface area contributed by atoms with Crippen LogP contribution in [-0.4, -0.2) is 7.28 Å². The summed E-state index contributed by atoms with van der Waals surface area (Å²) in [5.74, 6) is 2.46. The minimum atomic E-state index is 0. The van der Waals surface area contributed by atoms with Gasteiger partial charge >= 0.3 is 18.9 Å². The Hall–Kier alpha value is 0.152. The molecule has 0 aromatic heterocycles. The Balaban J connectivity index is 0. The molecule has 0 aromatic rings. The van der Waals surface area contributed by atoms with Crippen molar-refractivity contribution in [1.29, 1.82) is 5.26 Å². The second-order valence-electron chi connectivity index (χ2n) is 1.68. The average molecular weight is 101 g/mol. The van der Waals surface area contributed by atoms with Crippen molar-refractivity contribution in [1.82, 2.24) is 0 Å². The summed E-state index contributed by atoms with van der Waals surface area (Å²) in [5, 5.41) is 8.06. The van der Waals surface area contributed by atoms with Gasteiger partial charge < -0.3 is 0 Å². The molecule has 0 N–H and O–H groups in total. The first kappa shape index (κ1) is 11.0. The molecular weight excluding hydrogens is 91.8 g/mol. The van der Waals surface area contributed by atoms with Gasteiger partial charge in [0.1, 0.15) is 0 Å². The minimum Gasteiger partial charge on any atom is -0.257 e. The Labute approximate surface area is 63.9 Å². The molecule has 38 valence electrons. The van der Waals surface area contributed by atoms with Gasteiger partial charge in [0.15, 0.2) is 0 Å². The molecule has 1 unspecified atom stereocenters. The molecule has 0 saturated heterocycles. The molecule has 0 saturated carbocycles. The van der Waals surface area contributed by atoms with E-state index in [0.29, 0.717) is 5.82 Å². The molecule has 0 aromatic carbocycles. The van der Waals surface area contributed by atoms with Gasteiger partial charge in [0.05, 0.1) is 0 Å². The second kappa shape index (κ2) is 7.15. The fourth-order valence-electron chi connectivity index (χ4n) is 0.245. The first-order valence-electron chi connectivity index (χ1n) is 2.54. The molecule has 0 aliphatic rings. The van der Waals surface area contributed by atoms with Gasteiger partial charge in [-0.05, 0) is 0 Å². The van der Waals surface area contributed by atoms with Gasteiger partial charge in [-0.1, -0.05) is 20.3 Å². The summed E-state index contributed by atoms with van der Waals surface area (Å²) in [6.07, 6.45) is 1.06. The molecular formula is C5H9BLiN. The van der Waals surface area contributed by atoms with Crippen molar-refractivity contribution in [2.45, 2.75) is 26.1 Å². The maximum absolute atomic E-state index is 8.06. The van der Waals surface area contributed by atoms with E-state index in [1.807, 2.05) is 12.9 Å². The van der Waals surface area contributed by atoms with Gasteiger partial charge in [0.25, 0.3) is 0 Å². The van der Waals surface area contributed by atoms with E-state index in [2.05, 4.69) is 6.92 Å². The molecule has 0 aliphatic heterocycles. The molecule has 0 rings (SSSR count). The van der Waals surface area contributed by atoms with Gasteiger partial charge in [-0.2, -0.15) is 7.28 Å². The summed E-state index contributed by atoms with van der Waals surface area (Å²) in [7, 11) is 1.65. The molecule has 0 amide bonds. The third-order valence-corrected chi connectivity index (χ3v) is 1.00. The van der Waals surface area contributed by atoms with Crippen LogP contribution in [0.1, 0.15) is 20.3 Å². The number of hydrogen-bond donors (Lipinski definition) is 0. The Kier molecular flexibility index (Phi) is 9.85. The van der Waals surface area contributed by atoms with Gasteiger partial charge in [0, 0.05) is 0 Å². The van der Waals surface area contributed by atoms with Gasteiger partial charge in [0.2, 0.25) is 0 Å². The molecule has 2 radical (unpaired) electrons. The van der Waals surface area contributed by atoms with E-state index < -0.39 is 0 Å². The number of hydrogen-bond acceptors (Lipinski definition) is 1. The van der Waals surface area contributed by atoms with Crippen LogP contribution < -0.4 is 18.9 Å². The van der Waals surface area contributed by atoms with Crippen molar-refractivity contribution in [3.8, 4) is 5.97 Å². The molecule has 0 aliphatic carbocycles. The van der Waals surface area contributed by atoms with Crippen LogP contribution in [-0.2, 0) is 0 Å². The molecule has 0 bridgehead atoms. The number of nitriles is 1. The van der Waals surface area contributed by atoms with E-state index in [0.717, 1.165) is 6.42 Å². The maximum Gasteiger partial charge on any atom is 1.00 e. The van der Waals surface area contributed by atoms with Gasteiger partial charge in [-0.15, -0.1) is 0 Å². The molecule has 8 heavy (non-hydrogen) atoms. The monoisotopic (exact) mass is 101 g/mol. The molecule has 1 atom stereocenters. The molecule has 0 spiro atoms. The summed E-state index contributed by atoms with van der Waals surface area (Å²) >= 11 is 0. The topological polar surface area (TPSA) is 23.8 Å². The Bertz CT molecular complexity index is 79.0. The van der Waals surface area contributed by atoms with E-state index in [-0.39, 0.29) is 18.9 Å². The van der Waals surface area contributed by atoms with Crippen molar-refractivity contribution in [3.05, 3.63) is 0 Å². The molecule has 0 fully saturated rings. The van der Waals surface area contributed by atoms with E-state index in [1.54, 1.807) is 7.28 Å². The Morgan fingerprint density at radius 1 is 1.75 bits per heavy atom. The van der Waals surface area contributed by atoms with E-state index in [1.165, 1.54) is 0 Å². The zero-order valence-electron chi connectivity index (χ0n) is 5.81. The van der Waals surface area contributed by atoms with Crippen LogP contribution in [0.5, 0.6) is 0 Å². The van der Waals surface area contributed by atoms with E-state index in [9.17, 15) is 0 Å².